The summed E-state index contributed by atoms with van der Waals surface area (Å²) < 4.78 is 11.7. The molecular formula is C11H15BrO3. The molecule has 0 amide bonds. The van der Waals surface area contributed by atoms with E-state index >= 15 is 0 Å². The molecular weight excluding hydrogens is 260 g/mol. The molecule has 84 valence electrons. The van der Waals surface area contributed by atoms with Crippen LogP contribution in [-0.2, 0) is 6.42 Å². The second-order valence-electron chi connectivity index (χ2n) is 2.96. The van der Waals surface area contributed by atoms with Crippen LogP contribution in [0.5, 0.6) is 11.5 Å². The molecule has 1 aromatic carbocycles. The van der Waals surface area contributed by atoms with E-state index < -0.39 is 0 Å². The normalized spacial score (nSPS) is 10.1. The number of rotatable bonds is 5. The molecule has 0 bridgehead atoms. The fourth-order valence-corrected chi connectivity index (χ4v) is 1.90. The minimum absolute atomic E-state index is 0.0891. The molecule has 0 heterocycles. The van der Waals surface area contributed by atoms with Crippen LogP contribution in [-0.4, -0.2) is 25.4 Å². The smallest absolute Gasteiger partial charge is 0.165 e. The second-order valence-corrected chi connectivity index (χ2v) is 3.82. The van der Waals surface area contributed by atoms with Gasteiger partial charge in [0.25, 0.3) is 0 Å². The molecule has 15 heavy (non-hydrogen) atoms. The monoisotopic (exact) mass is 274 g/mol. The predicted molar refractivity (Wildman–Crippen MR) is 62.7 cm³/mol. The molecule has 0 aliphatic rings. The van der Waals surface area contributed by atoms with Gasteiger partial charge < -0.3 is 14.6 Å². The fraction of sp³-hybridized carbons (Fsp3) is 0.455. The topological polar surface area (TPSA) is 38.7 Å². The summed E-state index contributed by atoms with van der Waals surface area (Å²) in [6.07, 6.45) is 0.549. The highest BCUT2D eigenvalue weighted by molar-refractivity contribution is 9.10. The molecule has 0 spiro atoms. The highest BCUT2D eigenvalue weighted by Gasteiger charge is 2.13. The Balaban J connectivity index is 3.17. The van der Waals surface area contributed by atoms with Crippen LogP contribution in [0, 0.1) is 0 Å². The first-order valence-corrected chi connectivity index (χ1v) is 5.62. The van der Waals surface area contributed by atoms with E-state index in [2.05, 4.69) is 15.9 Å². The van der Waals surface area contributed by atoms with Gasteiger partial charge in [0.15, 0.2) is 11.5 Å². The second kappa shape index (κ2) is 5.98. The number of aliphatic hydroxyl groups excluding tert-OH is 1. The lowest BCUT2D eigenvalue weighted by Gasteiger charge is -2.14. The summed E-state index contributed by atoms with van der Waals surface area (Å²) in [6.45, 7) is 2.58. The molecule has 0 fully saturated rings. The lowest BCUT2D eigenvalue weighted by Crippen LogP contribution is -2.02. The number of ether oxygens (including phenoxy) is 2. The van der Waals surface area contributed by atoms with Gasteiger partial charge in [-0.1, -0.05) is 15.9 Å². The van der Waals surface area contributed by atoms with Crippen molar-refractivity contribution >= 4 is 15.9 Å². The molecule has 1 rings (SSSR count). The lowest BCUT2D eigenvalue weighted by atomic mass is 10.1. The zero-order valence-electron chi connectivity index (χ0n) is 8.92. The van der Waals surface area contributed by atoms with Crippen LogP contribution in [0.2, 0.25) is 0 Å². The molecule has 0 aliphatic carbocycles. The van der Waals surface area contributed by atoms with Crippen molar-refractivity contribution in [3.8, 4) is 11.5 Å². The average molecular weight is 275 g/mol. The zero-order valence-corrected chi connectivity index (χ0v) is 10.5. The number of benzene rings is 1. The predicted octanol–water partition coefficient (Wildman–Crippen LogP) is 2.39. The number of hydrogen-bond donors (Lipinski definition) is 1. The summed E-state index contributed by atoms with van der Waals surface area (Å²) in [5.74, 6) is 1.41. The van der Waals surface area contributed by atoms with E-state index in [1.807, 2.05) is 19.1 Å². The van der Waals surface area contributed by atoms with Gasteiger partial charge in [0.05, 0.1) is 13.7 Å². The number of halogens is 1. The van der Waals surface area contributed by atoms with Crippen LogP contribution in [0.25, 0.3) is 0 Å². The van der Waals surface area contributed by atoms with Crippen LogP contribution in [0.4, 0.5) is 0 Å². The Morgan fingerprint density at radius 3 is 2.67 bits per heavy atom. The van der Waals surface area contributed by atoms with E-state index in [0.29, 0.717) is 24.5 Å². The third-order valence-electron chi connectivity index (χ3n) is 2.04. The summed E-state index contributed by atoms with van der Waals surface area (Å²) >= 11 is 3.43. The summed E-state index contributed by atoms with van der Waals surface area (Å²) in [6, 6.07) is 3.74. The van der Waals surface area contributed by atoms with Gasteiger partial charge in [-0.3, -0.25) is 0 Å². The first-order valence-electron chi connectivity index (χ1n) is 4.83. The van der Waals surface area contributed by atoms with Crippen LogP contribution in [0.1, 0.15) is 12.5 Å². The molecule has 1 aromatic rings. The van der Waals surface area contributed by atoms with Crippen molar-refractivity contribution in [2.45, 2.75) is 13.3 Å². The average Bonchev–Trinajstić information content (AvgIpc) is 2.24. The van der Waals surface area contributed by atoms with Crippen molar-refractivity contribution in [3.05, 3.63) is 22.2 Å². The summed E-state index contributed by atoms with van der Waals surface area (Å²) in [5.41, 5.74) is 0.943. The molecule has 1 N–H and O–H groups in total. The van der Waals surface area contributed by atoms with Crippen LogP contribution in [0.15, 0.2) is 16.6 Å². The Morgan fingerprint density at radius 1 is 1.40 bits per heavy atom. The summed E-state index contributed by atoms with van der Waals surface area (Å²) in [5, 5.41) is 8.98. The molecule has 0 saturated carbocycles. The summed E-state index contributed by atoms with van der Waals surface area (Å²) in [4.78, 5) is 0. The van der Waals surface area contributed by atoms with E-state index in [1.54, 1.807) is 7.11 Å². The first-order chi connectivity index (χ1) is 7.24. The Hall–Kier alpha value is -0.740. The van der Waals surface area contributed by atoms with Crippen molar-refractivity contribution in [2.24, 2.45) is 0 Å². The van der Waals surface area contributed by atoms with Gasteiger partial charge in [0.2, 0.25) is 0 Å². The van der Waals surface area contributed by atoms with Gasteiger partial charge in [0, 0.05) is 23.1 Å². The van der Waals surface area contributed by atoms with Gasteiger partial charge in [-0.15, -0.1) is 0 Å². The quantitative estimate of drug-likeness (QED) is 0.896. The largest absolute Gasteiger partial charge is 0.493 e. The van der Waals surface area contributed by atoms with E-state index in [0.717, 1.165) is 10.0 Å². The maximum Gasteiger partial charge on any atom is 0.165 e. The molecule has 0 unspecified atom stereocenters. The van der Waals surface area contributed by atoms with Gasteiger partial charge in [0.1, 0.15) is 0 Å². The van der Waals surface area contributed by atoms with E-state index in [1.165, 1.54) is 0 Å². The van der Waals surface area contributed by atoms with Crippen LogP contribution in [0.3, 0.4) is 0 Å². The molecule has 0 atom stereocenters. The Labute approximate surface area is 98.1 Å². The Kier molecular flexibility index (Phi) is 4.91. The number of methoxy groups -OCH3 is 1. The van der Waals surface area contributed by atoms with E-state index in [-0.39, 0.29) is 6.61 Å². The van der Waals surface area contributed by atoms with Crippen molar-refractivity contribution in [1.29, 1.82) is 0 Å². The van der Waals surface area contributed by atoms with Crippen LogP contribution < -0.4 is 9.47 Å². The van der Waals surface area contributed by atoms with Crippen molar-refractivity contribution in [1.82, 2.24) is 0 Å². The molecule has 0 radical (unpaired) electrons. The molecule has 0 saturated heterocycles. The van der Waals surface area contributed by atoms with Gasteiger partial charge in [-0.2, -0.15) is 0 Å². The molecule has 0 aromatic heterocycles. The highest BCUT2D eigenvalue weighted by atomic mass is 79.9. The SMILES string of the molecule is CCOc1c(OC)ccc(Br)c1CCO. The van der Waals surface area contributed by atoms with Crippen molar-refractivity contribution < 1.29 is 14.6 Å². The maximum absolute atomic E-state index is 8.98. The number of aliphatic hydroxyl groups is 1. The van der Waals surface area contributed by atoms with E-state index in [9.17, 15) is 0 Å². The first kappa shape index (κ1) is 12.3. The van der Waals surface area contributed by atoms with Crippen molar-refractivity contribution in [3.63, 3.8) is 0 Å². The van der Waals surface area contributed by atoms with Gasteiger partial charge >= 0.3 is 0 Å². The van der Waals surface area contributed by atoms with E-state index in [4.69, 9.17) is 14.6 Å². The molecule has 4 heteroatoms. The minimum Gasteiger partial charge on any atom is -0.493 e. The Bertz CT molecular complexity index is 326. The molecule has 0 aliphatic heterocycles. The maximum atomic E-state index is 8.98. The van der Waals surface area contributed by atoms with Crippen molar-refractivity contribution in [2.75, 3.05) is 20.3 Å². The number of hydrogen-bond acceptors (Lipinski definition) is 3. The lowest BCUT2D eigenvalue weighted by molar-refractivity contribution is 0.285. The van der Waals surface area contributed by atoms with Crippen LogP contribution >= 0.6 is 15.9 Å². The third kappa shape index (κ3) is 2.86. The zero-order chi connectivity index (χ0) is 11.3. The van der Waals surface area contributed by atoms with Gasteiger partial charge in [-0.05, 0) is 19.1 Å². The minimum atomic E-state index is 0.0891. The third-order valence-corrected chi connectivity index (χ3v) is 2.78. The van der Waals surface area contributed by atoms with Gasteiger partial charge in [-0.25, -0.2) is 0 Å². The fourth-order valence-electron chi connectivity index (χ4n) is 1.39. The summed E-state index contributed by atoms with van der Waals surface area (Å²) in [7, 11) is 1.61. The highest BCUT2D eigenvalue weighted by Crippen LogP contribution is 2.36. The Morgan fingerprint density at radius 2 is 2.13 bits per heavy atom. The standard InChI is InChI=1S/C11H15BrO3/c1-3-15-11-8(6-7-13)9(12)4-5-10(11)14-2/h4-5,13H,3,6-7H2,1-2H3. The molecule has 3 nitrogen and oxygen atoms in total.